The maximum absolute atomic E-state index is 13.6. The van der Waals surface area contributed by atoms with E-state index in [0.29, 0.717) is 31.6 Å². The van der Waals surface area contributed by atoms with Gasteiger partial charge in [0.15, 0.2) is 0 Å². The molecule has 0 fully saturated rings. The number of aryl methyl sites for hydroxylation is 2. The van der Waals surface area contributed by atoms with Crippen LogP contribution in [0.3, 0.4) is 0 Å². The summed E-state index contributed by atoms with van der Waals surface area (Å²) in [6.45, 7) is 4.58. The third kappa shape index (κ3) is 5.81. The number of urea groups is 1. The number of hydrogen-bond acceptors (Lipinski definition) is 4. The zero-order valence-electron chi connectivity index (χ0n) is 20.1. The Morgan fingerprint density at radius 1 is 1.03 bits per heavy atom. The first-order valence-electron chi connectivity index (χ1n) is 11.8. The van der Waals surface area contributed by atoms with Crippen molar-refractivity contribution in [1.82, 2.24) is 10.2 Å². The Bertz CT molecular complexity index is 1190. The maximum atomic E-state index is 13.6. The van der Waals surface area contributed by atoms with Gasteiger partial charge >= 0.3 is 6.03 Å². The molecule has 3 aromatic carbocycles. The van der Waals surface area contributed by atoms with Gasteiger partial charge in [-0.15, -0.1) is 0 Å². The zero-order valence-corrected chi connectivity index (χ0v) is 20.1. The first kappa shape index (κ1) is 24.3. The normalized spacial score (nSPS) is 15.7. The first-order valence-corrected chi connectivity index (χ1v) is 11.8. The summed E-state index contributed by atoms with van der Waals surface area (Å²) in [7, 11) is 0. The van der Waals surface area contributed by atoms with Gasteiger partial charge in [0, 0.05) is 18.8 Å². The minimum absolute atomic E-state index is 0.151. The highest BCUT2D eigenvalue weighted by molar-refractivity contribution is 5.89. The molecule has 35 heavy (non-hydrogen) atoms. The topological polar surface area (TPSA) is 108 Å². The summed E-state index contributed by atoms with van der Waals surface area (Å²) in [5.41, 5.74) is 12.2. The number of anilines is 1. The van der Waals surface area contributed by atoms with E-state index in [1.165, 1.54) is 5.56 Å². The molecule has 4 rings (SSSR count). The highest BCUT2D eigenvalue weighted by atomic mass is 16.3. The molecule has 0 saturated carbocycles. The van der Waals surface area contributed by atoms with Crippen LogP contribution in [0.25, 0.3) is 0 Å². The summed E-state index contributed by atoms with van der Waals surface area (Å²) in [6.07, 6.45) is 1.01. The van der Waals surface area contributed by atoms with E-state index in [1.54, 1.807) is 17.0 Å². The molecule has 0 spiro atoms. The van der Waals surface area contributed by atoms with E-state index < -0.39 is 6.04 Å². The van der Waals surface area contributed by atoms with Crippen molar-refractivity contribution in [2.75, 3.05) is 11.9 Å². The Hall–Kier alpha value is -3.84. The standard InChI is InChI=1S/C28H32N4O3/c1-18-12-24(33)13-19(2)25(18)15-26(29)27(34)32-17-21-9-7-6-8-20(21)14-23(32)16-30-28(35)31-22-10-4-3-5-11-22/h3-13,23,26,33H,14-17,29H2,1-2H3,(H2,30,31,35)/t23-,26-/m0/s1. The molecule has 0 unspecified atom stereocenters. The van der Waals surface area contributed by atoms with Crippen LogP contribution in [0.1, 0.15) is 27.8 Å². The van der Waals surface area contributed by atoms with Gasteiger partial charge in [0.05, 0.1) is 12.1 Å². The molecule has 5 N–H and O–H groups in total. The van der Waals surface area contributed by atoms with E-state index in [1.807, 2.05) is 62.4 Å². The molecular formula is C28H32N4O3. The number of amides is 3. The fraction of sp³-hybridized carbons (Fsp3) is 0.286. The molecule has 3 aromatic rings. The molecule has 7 heteroatoms. The summed E-state index contributed by atoms with van der Waals surface area (Å²) < 4.78 is 0. The van der Waals surface area contributed by atoms with Gasteiger partial charge in [0.25, 0.3) is 0 Å². The highest BCUT2D eigenvalue weighted by Crippen LogP contribution is 2.26. The van der Waals surface area contributed by atoms with Crippen molar-refractivity contribution in [2.24, 2.45) is 5.73 Å². The van der Waals surface area contributed by atoms with Gasteiger partial charge in [-0.2, -0.15) is 0 Å². The fourth-order valence-corrected chi connectivity index (χ4v) is 4.75. The van der Waals surface area contributed by atoms with Crippen LogP contribution < -0.4 is 16.4 Å². The number of fused-ring (bicyclic) bond motifs is 1. The van der Waals surface area contributed by atoms with Crippen LogP contribution in [0.2, 0.25) is 0 Å². The number of benzene rings is 3. The van der Waals surface area contributed by atoms with Crippen LogP contribution in [0.15, 0.2) is 66.7 Å². The van der Waals surface area contributed by atoms with E-state index in [4.69, 9.17) is 5.73 Å². The second-order valence-electron chi connectivity index (χ2n) is 9.16. The molecule has 182 valence electrons. The monoisotopic (exact) mass is 472 g/mol. The van der Waals surface area contributed by atoms with Crippen LogP contribution in [0.4, 0.5) is 10.5 Å². The van der Waals surface area contributed by atoms with Gasteiger partial charge in [-0.25, -0.2) is 4.79 Å². The molecule has 0 bridgehead atoms. The van der Waals surface area contributed by atoms with E-state index in [0.717, 1.165) is 22.3 Å². The summed E-state index contributed by atoms with van der Waals surface area (Å²) >= 11 is 0. The number of nitrogens with zero attached hydrogens (tertiary/aromatic N) is 1. The first-order chi connectivity index (χ1) is 16.8. The van der Waals surface area contributed by atoms with Gasteiger partial charge in [0.1, 0.15) is 5.75 Å². The Morgan fingerprint density at radius 3 is 2.34 bits per heavy atom. The molecular weight excluding hydrogens is 440 g/mol. The van der Waals surface area contributed by atoms with Crippen molar-refractivity contribution in [3.8, 4) is 5.75 Å². The van der Waals surface area contributed by atoms with E-state index in [-0.39, 0.29) is 23.7 Å². The molecule has 7 nitrogen and oxygen atoms in total. The summed E-state index contributed by atoms with van der Waals surface area (Å²) in [5, 5.41) is 15.6. The lowest BCUT2D eigenvalue weighted by atomic mass is 9.91. The largest absolute Gasteiger partial charge is 0.508 e. The number of para-hydroxylation sites is 1. The molecule has 2 atom stereocenters. The number of nitrogens with one attached hydrogen (secondary N) is 2. The number of carbonyl (C=O) groups excluding carboxylic acids is 2. The van der Waals surface area contributed by atoms with Crippen molar-refractivity contribution < 1.29 is 14.7 Å². The molecule has 0 radical (unpaired) electrons. The molecule has 0 aliphatic carbocycles. The van der Waals surface area contributed by atoms with Crippen LogP contribution >= 0.6 is 0 Å². The second kappa shape index (κ2) is 10.6. The number of rotatable bonds is 6. The van der Waals surface area contributed by atoms with Crippen molar-refractivity contribution in [3.63, 3.8) is 0 Å². The predicted molar refractivity (Wildman–Crippen MR) is 137 cm³/mol. The van der Waals surface area contributed by atoms with E-state index in [9.17, 15) is 14.7 Å². The average molecular weight is 473 g/mol. The molecule has 0 saturated heterocycles. The lowest BCUT2D eigenvalue weighted by molar-refractivity contribution is -0.136. The van der Waals surface area contributed by atoms with E-state index >= 15 is 0 Å². The number of hydrogen-bond donors (Lipinski definition) is 4. The summed E-state index contributed by atoms with van der Waals surface area (Å²) in [4.78, 5) is 27.8. The third-order valence-electron chi connectivity index (χ3n) is 6.59. The highest BCUT2D eigenvalue weighted by Gasteiger charge is 2.33. The average Bonchev–Trinajstić information content (AvgIpc) is 2.84. The molecule has 1 aliphatic rings. The van der Waals surface area contributed by atoms with Crippen LogP contribution in [-0.2, 0) is 24.2 Å². The minimum Gasteiger partial charge on any atom is -0.508 e. The van der Waals surface area contributed by atoms with Gasteiger partial charge < -0.3 is 26.4 Å². The van der Waals surface area contributed by atoms with Crippen molar-refractivity contribution in [3.05, 3.63) is 94.5 Å². The van der Waals surface area contributed by atoms with Gasteiger partial charge in [-0.3, -0.25) is 4.79 Å². The fourth-order valence-electron chi connectivity index (χ4n) is 4.75. The SMILES string of the molecule is Cc1cc(O)cc(C)c1C[C@H](N)C(=O)N1Cc2ccccc2C[C@H]1CNC(=O)Nc1ccccc1. The zero-order chi connectivity index (χ0) is 24.9. The number of nitrogens with two attached hydrogens (primary N) is 1. The number of phenolic OH excluding ortho intramolecular Hbond substituents is 1. The number of carbonyl (C=O) groups is 2. The quantitative estimate of drug-likeness (QED) is 0.439. The molecule has 1 aliphatic heterocycles. The maximum Gasteiger partial charge on any atom is 0.319 e. The Morgan fingerprint density at radius 2 is 1.66 bits per heavy atom. The van der Waals surface area contributed by atoms with Gasteiger partial charge in [-0.05, 0) is 78.8 Å². The lowest BCUT2D eigenvalue weighted by Gasteiger charge is -2.38. The van der Waals surface area contributed by atoms with Crippen LogP contribution in [0, 0.1) is 13.8 Å². The number of aromatic hydroxyl groups is 1. The molecule has 3 amide bonds. The summed E-state index contributed by atoms with van der Waals surface area (Å²) in [5.74, 6) is 0.0536. The Kier molecular flexibility index (Phi) is 7.36. The van der Waals surface area contributed by atoms with Gasteiger partial charge in [-0.1, -0.05) is 42.5 Å². The van der Waals surface area contributed by atoms with Crippen molar-refractivity contribution in [2.45, 2.75) is 45.3 Å². The second-order valence-corrected chi connectivity index (χ2v) is 9.16. The van der Waals surface area contributed by atoms with Gasteiger partial charge in [0.2, 0.25) is 5.91 Å². The molecule has 1 heterocycles. The number of phenols is 1. The molecule has 0 aromatic heterocycles. The summed E-state index contributed by atoms with van der Waals surface area (Å²) in [6, 6.07) is 19.4. The van der Waals surface area contributed by atoms with Crippen molar-refractivity contribution >= 4 is 17.6 Å². The third-order valence-corrected chi connectivity index (χ3v) is 6.59. The smallest absolute Gasteiger partial charge is 0.319 e. The lowest BCUT2D eigenvalue weighted by Crippen LogP contribution is -2.55. The minimum atomic E-state index is -0.733. The Labute approximate surface area is 206 Å². The Balaban J connectivity index is 1.49. The van der Waals surface area contributed by atoms with Crippen LogP contribution in [0.5, 0.6) is 5.75 Å². The van der Waals surface area contributed by atoms with E-state index in [2.05, 4.69) is 16.7 Å². The van der Waals surface area contributed by atoms with Crippen LogP contribution in [-0.4, -0.2) is 40.6 Å². The van der Waals surface area contributed by atoms with Crippen molar-refractivity contribution in [1.29, 1.82) is 0 Å². The predicted octanol–water partition coefficient (Wildman–Crippen LogP) is 3.65.